The van der Waals surface area contributed by atoms with Gasteiger partial charge in [-0.15, -0.1) is 0 Å². The lowest BCUT2D eigenvalue weighted by molar-refractivity contribution is 0.0596. The number of esters is 1. The van der Waals surface area contributed by atoms with Crippen LogP contribution in [0.5, 0.6) is 0 Å². The quantitative estimate of drug-likeness (QED) is 0.811. The number of nitrogen functional groups attached to an aromatic ring is 1. The topological polar surface area (TPSA) is 70.1 Å². The molecule has 1 aliphatic carbocycles. The fourth-order valence-corrected chi connectivity index (χ4v) is 2.44. The van der Waals surface area contributed by atoms with Gasteiger partial charge in [0.15, 0.2) is 5.69 Å². The summed E-state index contributed by atoms with van der Waals surface area (Å²) in [5, 5.41) is 0. The maximum atomic E-state index is 11.3. The summed E-state index contributed by atoms with van der Waals surface area (Å²) in [6.07, 6.45) is 8.06. The maximum Gasteiger partial charge on any atom is 0.360 e. The van der Waals surface area contributed by atoms with Crippen molar-refractivity contribution >= 4 is 11.8 Å². The first-order valence-corrected chi connectivity index (χ1v) is 6.11. The van der Waals surface area contributed by atoms with Crippen LogP contribution in [0.3, 0.4) is 0 Å². The Kier molecular flexibility index (Phi) is 3.66. The molecule has 5 heteroatoms. The van der Waals surface area contributed by atoms with Crippen LogP contribution < -0.4 is 5.73 Å². The molecule has 0 aromatic carbocycles. The molecule has 94 valence electrons. The van der Waals surface area contributed by atoms with Crippen LogP contribution in [0.25, 0.3) is 0 Å². The Labute approximate surface area is 101 Å². The zero-order valence-electron chi connectivity index (χ0n) is 10.2. The SMILES string of the molecule is COC(=O)c1ncn(CCC2CCCC2)c1N. The summed E-state index contributed by atoms with van der Waals surface area (Å²) >= 11 is 0. The Morgan fingerprint density at radius 1 is 1.59 bits per heavy atom. The van der Waals surface area contributed by atoms with Crippen LogP contribution in [-0.2, 0) is 11.3 Å². The van der Waals surface area contributed by atoms with Gasteiger partial charge in [-0.1, -0.05) is 25.7 Å². The molecule has 1 aliphatic rings. The van der Waals surface area contributed by atoms with Gasteiger partial charge in [-0.2, -0.15) is 0 Å². The number of hydrogen-bond acceptors (Lipinski definition) is 4. The van der Waals surface area contributed by atoms with Crippen LogP contribution in [0, 0.1) is 5.92 Å². The number of aryl methyl sites for hydroxylation is 1. The molecule has 1 saturated carbocycles. The number of hydrogen-bond donors (Lipinski definition) is 1. The average molecular weight is 237 g/mol. The Morgan fingerprint density at radius 3 is 2.94 bits per heavy atom. The largest absolute Gasteiger partial charge is 0.464 e. The van der Waals surface area contributed by atoms with E-state index in [0.717, 1.165) is 18.9 Å². The molecule has 0 bridgehead atoms. The lowest BCUT2D eigenvalue weighted by atomic mass is 10.0. The summed E-state index contributed by atoms with van der Waals surface area (Å²) in [5.41, 5.74) is 6.09. The van der Waals surface area contributed by atoms with Crippen molar-refractivity contribution in [2.24, 2.45) is 5.92 Å². The molecule has 0 radical (unpaired) electrons. The number of rotatable bonds is 4. The zero-order chi connectivity index (χ0) is 12.3. The van der Waals surface area contributed by atoms with Crippen LogP contribution in [0.15, 0.2) is 6.33 Å². The van der Waals surface area contributed by atoms with Crippen molar-refractivity contribution in [1.29, 1.82) is 0 Å². The molecule has 5 nitrogen and oxygen atoms in total. The standard InChI is InChI=1S/C12H19N3O2/c1-17-12(16)10-11(13)15(8-14-10)7-6-9-4-2-3-5-9/h8-9H,2-7,13H2,1H3. The van der Waals surface area contributed by atoms with Gasteiger partial charge in [-0.05, 0) is 12.3 Å². The van der Waals surface area contributed by atoms with Crippen LogP contribution in [0.2, 0.25) is 0 Å². The fraction of sp³-hybridized carbons (Fsp3) is 0.667. The van der Waals surface area contributed by atoms with Crippen molar-refractivity contribution < 1.29 is 9.53 Å². The van der Waals surface area contributed by atoms with Gasteiger partial charge in [0.05, 0.1) is 13.4 Å². The molecule has 1 fully saturated rings. The van der Waals surface area contributed by atoms with E-state index < -0.39 is 5.97 Å². The average Bonchev–Trinajstić information content (AvgIpc) is 2.95. The van der Waals surface area contributed by atoms with Gasteiger partial charge < -0.3 is 15.0 Å². The molecular formula is C12H19N3O2. The minimum Gasteiger partial charge on any atom is -0.464 e. The van der Waals surface area contributed by atoms with Crippen LogP contribution in [0.1, 0.15) is 42.6 Å². The van der Waals surface area contributed by atoms with Gasteiger partial charge in [0.2, 0.25) is 0 Å². The third kappa shape index (κ3) is 2.60. The van der Waals surface area contributed by atoms with Crippen molar-refractivity contribution in [3.8, 4) is 0 Å². The second kappa shape index (κ2) is 5.21. The summed E-state index contributed by atoms with van der Waals surface area (Å²) in [6, 6.07) is 0. The molecule has 0 amide bonds. The number of methoxy groups -OCH3 is 1. The van der Waals surface area contributed by atoms with Gasteiger partial charge in [0.1, 0.15) is 5.82 Å². The number of nitrogens with two attached hydrogens (primary N) is 1. The molecule has 1 aromatic rings. The predicted octanol–water partition coefficient (Wildman–Crippen LogP) is 1.83. The van der Waals surface area contributed by atoms with E-state index in [-0.39, 0.29) is 5.69 Å². The highest BCUT2D eigenvalue weighted by Crippen LogP contribution is 2.28. The van der Waals surface area contributed by atoms with Gasteiger partial charge >= 0.3 is 5.97 Å². The maximum absolute atomic E-state index is 11.3. The van der Waals surface area contributed by atoms with E-state index in [1.165, 1.54) is 32.8 Å². The highest BCUT2D eigenvalue weighted by Gasteiger charge is 2.18. The Balaban J connectivity index is 1.96. The lowest BCUT2D eigenvalue weighted by Gasteiger charge is -2.10. The molecule has 0 atom stereocenters. The monoisotopic (exact) mass is 237 g/mol. The van der Waals surface area contributed by atoms with E-state index in [9.17, 15) is 4.79 Å². The van der Waals surface area contributed by atoms with Crippen molar-refractivity contribution in [2.45, 2.75) is 38.6 Å². The molecular weight excluding hydrogens is 218 g/mol. The second-order valence-electron chi connectivity index (χ2n) is 4.60. The van der Waals surface area contributed by atoms with Crippen molar-refractivity contribution in [2.75, 3.05) is 12.8 Å². The highest BCUT2D eigenvalue weighted by atomic mass is 16.5. The fourth-order valence-electron chi connectivity index (χ4n) is 2.44. The number of carbonyl (C=O) groups is 1. The highest BCUT2D eigenvalue weighted by molar-refractivity contribution is 5.91. The molecule has 17 heavy (non-hydrogen) atoms. The number of nitrogens with zero attached hydrogens (tertiary/aromatic N) is 2. The minimum absolute atomic E-state index is 0.221. The minimum atomic E-state index is -0.470. The van der Waals surface area contributed by atoms with E-state index in [2.05, 4.69) is 9.72 Å². The van der Waals surface area contributed by atoms with Crippen molar-refractivity contribution in [1.82, 2.24) is 9.55 Å². The summed E-state index contributed by atoms with van der Waals surface area (Å²) in [4.78, 5) is 15.3. The Morgan fingerprint density at radius 2 is 2.29 bits per heavy atom. The molecule has 0 saturated heterocycles. The molecule has 0 spiro atoms. The number of anilines is 1. The number of aromatic nitrogens is 2. The first-order chi connectivity index (χ1) is 8.22. The van der Waals surface area contributed by atoms with E-state index in [1.54, 1.807) is 6.33 Å². The zero-order valence-corrected chi connectivity index (χ0v) is 10.2. The Bertz CT molecular complexity index is 394. The summed E-state index contributed by atoms with van der Waals surface area (Å²) < 4.78 is 6.45. The lowest BCUT2D eigenvalue weighted by Crippen LogP contribution is -2.09. The van der Waals surface area contributed by atoms with E-state index in [0.29, 0.717) is 5.82 Å². The van der Waals surface area contributed by atoms with E-state index in [1.807, 2.05) is 4.57 Å². The first-order valence-electron chi connectivity index (χ1n) is 6.11. The van der Waals surface area contributed by atoms with Gasteiger partial charge in [0, 0.05) is 6.54 Å². The van der Waals surface area contributed by atoms with Crippen molar-refractivity contribution in [3.05, 3.63) is 12.0 Å². The number of imidazole rings is 1. The Hall–Kier alpha value is -1.52. The third-order valence-electron chi connectivity index (χ3n) is 3.51. The van der Waals surface area contributed by atoms with Crippen molar-refractivity contribution in [3.63, 3.8) is 0 Å². The number of ether oxygens (including phenoxy) is 1. The molecule has 0 aliphatic heterocycles. The van der Waals surface area contributed by atoms with Crippen LogP contribution >= 0.6 is 0 Å². The predicted molar refractivity (Wildman–Crippen MR) is 64.6 cm³/mol. The molecule has 2 rings (SSSR count). The first kappa shape index (κ1) is 12.0. The molecule has 1 aromatic heterocycles. The van der Waals surface area contributed by atoms with E-state index >= 15 is 0 Å². The van der Waals surface area contributed by atoms with Gasteiger partial charge in [0.25, 0.3) is 0 Å². The normalized spacial score (nSPS) is 16.3. The van der Waals surface area contributed by atoms with Crippen LogP contribution in [0.4, 0.5) is 5.82 Å². The summed E-state index contributed by atoms with van der Waals surface area (Å²) in [7, 11) is 1.33. The third-order valence-corrected chi connectivity index (χ3v) is 3.51. The molecule has 1 heterocycles. The van der Waals surface area contributed by atoms with E-state index in [4.69, 9.17) is 5.73 Å². The summed E-state index contributed by atoms with van der Waals surface area (Å²) in [6.45, 7) is 0.834. The molecule has 2 N–H and O–H groups in total. The summed E-state index contributed by atoms with van der Waals surface area (Å²) in [5.74, 6) is 0.746. The smallest absolute Gasteiger partial charge is 0.360 e. The van der Waals surface area contributed by atoms with Gasteiger partial charge in [-0.25, -0.2) is 9.78 Å². The van der Waals surface area contributed by atoms with Gasteiger partial charge in [-0.3, -0.25) is 0 Å². The second-order valence-corrected chi connectivity index (χ2v) is 4.60. The molecule has 0 unspecified atom stereocenters. The van der Waals surface area contributed by atoms with Crippen LogP contribution in [-0.4, -0.2) is 22.6 Å². The number of carbonyl (C=O) groups excluding carboxylic acids is 1.